The van der Waals surface area contributed by atoms with E-state index in [2.05, 4.69) is 9.80 Å². The molecule has 0 spiro atoms. The number of hydrogen-bond donors (Lipinski definition) is 1. The van der Waals surface area contributed by atoms with Crippen LogP contribution in [0, 0.1) is 0 Å². The fourth-order valence-corrected chi connectivity index (χ4v) is 1.91. The molecule has 0 aromatic carbocycles. The highest BCUT2D eigenvalue weighted by Crippen LogP contribution is 2.01. The molecular weight excluding hydrogens is 192 g/mol. The van der Waals surface area contributed by atoms with Gasteiger partial charge in [-0.3, -0.25) is 4.90 Å². The zero-order chi connectivity index (χ0) is 10.9. The first-order chi connectivity index (χ1) is 7.36. The van der Waals surface area contributed by atoms with Gasteiger partial charge in [0.05, 0.1) is 6.61 Å². The van der Waals surface area contributed by atoms with Gasteiger partial charge in [-0.1, -0.05) is 0 Å². The number of nitrogens with zero attached hydrogens (tertiary/aromatic N) is 2. The van der Waals surface area contributed by atoms with Crippen molar-refractivity contribution in [3.63, 3.8) is 0 Å². The molecule has 1 aliphatic heterocycles. The van der Waals surface area contributed by atoms with E-state index >= 15 is 0 Å². The third kappa shape index (κ3) is 5.47. The first-order valence-corrected chi connectivity index (χ1v) is 6.00. The highest BCUT2D eigenvalue weighted by molar-refractivity contribution is 4.71. The molecule has 0 aliphatic carbocycles. The highest BCUT2D eigenvalue weighted by Gasteiger charge is 2.15. The van der Waals surface area contributed by atoms with E-state index < -0.39 is 0 Å². The van der Waals surface area contributed by atoms with Crippen LogP contribution >= 0.6 is 0 Å². The fraction of sp³-hybridized carbons (Fsp3) is 1.00. The van der Waals surface area contributed by atoms with Gasteiger partial charge in [-0.2, -0.15) is 0 Å². The molecule has 0 aromatic rings. The van der Waals surface area contributed by atoms with Crippen LogP contribution in [-0.2, 0) is 4.74 Å². The van der Waals surface area contributed by atoms with E-state index in [4.69, 9.17) is 9.84 Å². The zero-order valence-corrected chi connectivity index (χ0v) is 9.82. The smallest absolute Gasteiger partial charge is 0.0558 e. The normalized spacial score (nSPS) is 19.6. The zero-order valence-electron chi connectivity index (χ0n) is 9.82. The molecule has 15 heavy (non-hydrogen) atoms. The second-order valence-electron chi connectivity index (χ2n) is 3.96. The number of hydrogen-bond acceptors (Lipinski definition) is 4. The average Bonchev–Trinajstić information content (AvgIpc) is 2.27. The molecule has 4 nitrogen and oxygen atoms in total. The molecule has 1 saturated heterocycles. The summed E-state index contributed by atoms with van der Waals surface area (Å²) in [6, 6.07) is 0. The maximum absolute atomic E-state index is 8.81. The van der Waals surface area contributed by atoms with Crippen LogP contribution in [0.1, 0.15) is 13.3 Å². The van der Waals surface area contributed by atoms with Crippen LogP contribution in [0.25, 0.3) is 0 Å². The maximum atomic E-state index is 8.81. The summed E-state index contributed by atoms with van der Waals surface area (Å²) in [5, 5.41) is 8.81. The molecule has 0 amide bonds. The van der Waals surface area contributed by atoms with Crippen LogP contribution in [0.15, 0.2) is 0 Å². The van der Waals surface area contributed by atoms with E-state index in [-0.39, 0.29) is 6.61 Å². The van der Waals surface area contributed by atoms with E-state index in [9.17, 15) is 0 Å². The Morgan fingerprint density at radius 2 is 1.67 bits per heavy atom. The first kappa shape index (κ1) is 12.9. The van der Waals surface area contributed by atoms with Crippen molar-refractivity contribution >= 4 is 0 Å². The fourth-order valence-electron chi connectivity index (χ4n) is 1.91. The van der Waals surface area contributed by atoms with Crippen LogP contribution in [0.5, 0.6) is 0 Å². The number of aliphatic hydroxyl groups excluding tert-OH is 1. The molecule has 1 heterocycles. The summed E-state index contributed by atoms with van der Waals surface area (Å²) in [7, 11) is 0. The van der Waals surface area contributed by atoms with E-state index in [1.54, 1.807) is 0 Å². The van der Waals surface area contributed by atoms with Crippen LogP contribution in [-0.4, -0.2) is 74.0 Å². The maximum Gasteiger partial charge on any atom is 0.0558 e. The van der Waals surface area contributed by atoms with Gasteiger partial charge in [0.15, 0.2) is 0 Å². The topological polar surface area (TPSA) is 35.9 Å². The molecule has 0 radical (unpaired) electrons. The standard InChI is InChI=1S/C11H24N2O2/c1-2-15-11-3-4-12-5-7-13(8-6-12)9-10-14/h14H,2-11H2,1H3. The number of piperazine rings is 1. The number of β-amino-alcohol motifs (C(OH)–C–C–N with tert-alkyl or cyclic N) is 1. The Kier molecular flexibility index (Phi) is 6.92. The Hall–Kier alpha value is -0.160. The monoisotopic (exact) mass is 216 g/mol. The second kappa shape index (κ2) is 8.05. The van der Waals surface area contributed by atoms with Gasteiger partial charge in [-0.25, -0.2) is 0 Å². The predicted octanol–water partition coefficient (Wildman–Crippen LogP) is 0.0229. The SMILES string of the molecule is CCOCCCN1CCN(CCO)CC1. The van der Waals surface area contributed by atoms with E-state index in [1.165, 1.54) is 0 Å². The first-order valence-electron chi connectivity index (χ1n) is 6.00. The van der Waals surface area contributed by atoms with Crippen molar-refractivity contribution in [1.29, 1.82) is 0 Å². The number of aliphatic hydroxyl groups is 1. The van der Waals surface area contributed by atoms with Gasteiger partial charge >= 0.3 is 0 Å². The second-order valence-corrected chi connectivity index (χ2v) is 3.96. The third-order valence-corrected chi connectivity index (χ3v) is 2.85. The van der Waals surface area contributed by atoms with Gasteiger partial charge in [-0.05, 0) is 13.3 Å². The molecule has 0 unspecified atom stereocenters. The molecule has 1 aliphatic rings. The van der Waals surface area contributed by atoms with Gasteiger partial charge in [0.2, 0.25) is 0 Å². The average molecular weight is 216 g/mol. The summed E-state index contributed by atoms with van der Waals surface area (Å²) in [5.74, 6) is 0. The molecule has 1 N–H and O–H groups in total. The minimum Gasteiger partial charge on any atom is -0.395 e. The summed E-state index contributed by atoms with van der Waals surface area (Å²) in [6.07, 6.45) is 1.13. The van der Waals surface area contributed by atoms with E-state index in [0.29, 0.717) is 0 Å². The minimum atomic E-state index is 0.282. The van der Waals surface area contributed by atoms with E-state index in [0.717, 1.165) is 58.9 Å². The Labute approximate surface area is 92.8 Å². The number of rotatable bonds is 7. The molecule has 1 fully saturated rings. The van der Waals surface area contributed by atoms with Gasteiger partial charge < -0.3 is 14.7 Å². The van der Waals surface area contributed by atoms with Gasteiger partial charge in [0.25, 0.3) is 0 Å². The van der Waals surface area contributed by atoms with Crippen molar-refractivity contribution in [2.24, 2.45) is 0 Å². The summed E-state index contributed by atoms with van der Waals surface area (Å²) in [5.41, 5.74) is 0. The summed E-state index contributed by atoms with van der Waals surface area (Å²) < 4.78 is 5.31. The third-order valence-electron chi connectivity index (χ3n) is 2.85. The lowest BCUT2D eigenvalue weighted by Gasteiger charge is -2.34. The Morgan fingerprint density at radius 3 is 2.20 bits per heavy atom. The van der Waals surface area contributed by atoms with Crippen LogP contribution in [0.2, 0.25) is 0 Å². The van der Waals surface area contributed by atoms with Crippen molar-refractivity contribution in [2.75, 3.05) is 59.1 Å². The van der Waals surface area contributed by atoms with Crippen molar-refractivity contribution in [2.45, 2.75) is 13.3 Å². The van der Waals surface area contributed by atoms with Crippen LogP contribution in [0.4, 0.5) is 0 Å². The molecule has 0 bridgehead atoms. The van der Waals surface area contributed by atoms with Crippen LogP contribution < -0.4 is 0 Å². The minimum absolute atomic E-state index is 0.282. The quantitative estimate of drug-likeness (QED) is 0.609. The van der Waals surface area contributed by atoms with Gasteiger partial charge in [0.1, 0.15) is 0 Å². The Balaban J connectivity index is 1.99. The van der Waals surface area contributed by atoms with Gasteiger partial charge in [0, 0.05) is 52.5 Å². The lowest BCUT2D eigenvalue weighted by molar-refractivity contribution is 0.0950. The lowest BCUT2D eigenvalue weighted by atomic mass is 10.3. The molecular formula is C11H24N2O2. The van der Waals surface area contributed by atoms with Gasteiger partial charge in [-0.15, -0.1) is 0 Å². The van der Waals surface area contributed by atoms with Crippen molar-refractivity contribution in [3.8, 4) is 0 Å². The molecule has 0 saturated carbocycles. The largest absolute Gasteiger partial charge is 0.395 e. The van der Waals surface area contributed by atoms with E-state index in [1.807, 2.05) is 6.92 Å². The highest BCUT2D eigenvalue weighted by atomic mass is 16.5. The lowest BCUT2D eigenvalue weighted by Crippen LogP contribution is -2.47. The van der Waals surface area contributed by atoms with Crippen molar-refractivity contribution in [3.05, 3.63) is 0 Å². The van der Waals surface area contributed by atoms with Crippen molar-refractivity contribution in [1.82, 2.24) is 9.80 Å². The van der Waals surface area contributed by atoms with Crippen molar-refractivity contribution < 1.29 is 9.84 Å². The molecule has 0 atom stereocenters. The molecule has 0 aromatic heterocycles. The summed E-state index contributed by atoms with van der Waals surface area (Å²) in [6.45, 7) is 10.4. The molecule has 4 heteroatoms. The van der Waals surface area contributed by atoms with Crippen LogP contribution in [0.3, 0.4) is 0 Å². The number of ether oxygens (including phenoxy) is 1. The predicted molar refractivity (Wildman–Crippen MR) is 61.1 cm³/mol. The molecule has 90 valence electrons. The summed E-state index contributed by atoms with van der Waals surface area (Å²) in [4.78, 5) is 4.80. The molecule has 1 rings (SSSR count). The Morgan fingerprint density at radius 1 is 1.07 bits per heavy atom. The summed E-state index contributed by atoms with van der Waals surface area (Å²) >= 11 is 0. The Bertz CT molecular complexity index is 145.